The maximum absolute atomic E-state index is 12.7. The predicted molar refractivity (Wildman–Crippen MR) is 101 cm³/mol. The first-order valence-electron chi connectivity index (χ1n) is 8.72. The molecule has 2 aromatic carbocycles. The summed E-state index contributed by atoms with van der Waals surface area (Å²) in [7, 11) is 0. The molecule has 2 aromatic rings. The average Bonchev–Trinajstić information content (AvgIpc) is 3.35. The van der Waals surface area contributed by atoms with Gasteiger partial charge in [0.1, 0.15) is 6.04 Å². The minimum Gasteiger partial charge on any atom is -0.465 e. The van der Waals surface area contributed by atoms with Crippen LogP contribution in [0.3, 0.4) is 0 Å². The summed E-state index contributed by atoms with van der Waals surface area (Å²) >= 11 is 5.87. The average molecular weight is 395 g/mol. The molecule has 0 aromatic heterocycles. The van der Waals surface area contributed by atoms with Crippen molar-refractivity contribution >= 4 is 29.4 Å². The van der Waals surface area contributed by atoms with E-state index in [9.17, 15) is 14.4 Å². The molecule has 1 saturated heterocycles. The fourth-order valence-electron chi connectivity index (χ4n) is 3.15. The third-order valence-corrected chi connectivity index (χ3v) is 4.77. The van der Waals surface area contributed by atoms with Gasteiger partial charge in [-0.05, 0) is 43.3 Å². The second kappa shape index (κ2) is 7.12. The molecule has 0 saturated carbocycles. The van der Waals surface area contributed by atoms with Crippen molar-refractivity contribution < 1.29 is 19.1 Å². The Bertz CT molecular complexity index is 1000. The van der Waals surface area contributed by atoms with Crippen LogP contribution in [0.2, 0.25) is 5.02 Å². The van der Waals surface area contributed by atoms with E-state index in [0.717, 1.165) is 5.01 Å². The molecule has 2 heterocycles. The number of hydrogen-bond acceptors (Lipinski definition) is 5. The maximum atomic E-state index is 12.7. The Labute approximate surface area is 166 Å². The van der Waals surface area contributed by atoms with Crippen LogP contribution in [-0.4, -0.2) is 46.5 Å². The van der Waals surface area contributed by atoms with Crippen molar-refractivity contribution in [3.8, 4) is 11.8 Å². The molecule has 28 heavy (non-hydrogen) atoms. The summed E-state index contributed by atoms with van der Waals surface area (Å²) in [5, 5.41) is 2.97. The Hall–Kier alpha value is -3.14. The first-order chi connectivity index (χ1) is 13.5. The second-order valence-corrected chi connectivity index (χ2v) is 6.70. The van der Waals surface area contributed by atoms with Crippen LogP contribution in [0.4, 0.5) is 0 Å². The summed E-state index contributed by atoms with van der Waals surface area (Å²) < 4.78 is 5.09. The molecule has 0 aliphatic carbocycles. The lowest BCUT2D eigenvalue weighted by Crippen LogP contribution is -2.38. The van der Waals surface area contributed by atoms with E-state index in [1.807, 2.05) is 0 Å². The van der Waals surface area contributed by atoms with Gasteiger partial charge in [0.25, 0.3) is 11.8 Å². The molecule has 140 valence electrons. The molecule has 0 radical (unpaired) electrons. The Kier molecular flexibility index (Phi) is 4.63. The Morgan fingerprint density at radius 1 is 1.07 bits per heavy atom. The van der Waals surface area contributed by atoms with Gasteiger partial charge in [-0.2, -0.15) is 10.0 Å². The van der Waals surface area contributed by atoms with Gasteiger partial charge >= 0.3 is 5.97 Å². The number of ether oxygens (including phenoxy) is 1. The van der Waals surface area contributed by atoms with Gasteiger partial charge in [0.15, 0.2) is 6.04 Å². The SMILES string of the molecule is CCOC(=O)[C@H]1[C@@H](C#Cc2ccc(Cl)cc2)N1N1C(=O)c2ccccc2C1=O. The highest BCUT2D eigenvalue weighted by Gasteiger charge is 2.61. The molecular formula is C21H15ClN2O4. The van der Waals surface area contributed by atoms with E-state index in [4.69, 9.17) is 16.3 Å². The molecule has 0 N–H and O–H groups in total. The third-order valence-electron chi connectivity index (χ3n) is 4.52. The monoisotopic (exact) mass is 394 g/mol. The number of hydrogen-bond donors (Lipinski definition) is 0. The molecule has 2 amide bonds. The highest BCUT2D eigenvalue weighted by atomic mass is 35.5. The Morgan fingerprint density at radius 2 is 1.68 bits per heavy atom. The van der Waals surface area contributed by atoms with Crippen LogP contribution < -0.4 is 0 Å². The number of hydrazine groups is 1. The zero-order valence-corrected chi connectivity index (χ0v) is 15.6. The zero-order valence-electron chi connectivity index (χ0n) is 14.9. The third kappa shape index (κ3) is 3.05. The van der Waals surface area contributed by atoms with Crippen LogP contribution in [0.15, 0.2) is 48.5 Å². The van der Waals surface area contributed by atoms with E-state index < -0.39 is 29.9 Å². The Balaban J connectivity index is 1.63. The number of nitrogens with zero attached hydrogens (tertiary/aromatic N) is 2. The van der Waals surface area contributed by atoms with E-state index in [1.165, 1.54) is 5.01 Å². The first-order valence-corrected chi connectivity index (χ1v) is 9.10. The van der Waals surface area contributed by atoms with Gasteiger partial charge in [0.2, 0.25) is 0 Å². The van der Waals surface area contributed by atoms with Crippen molar-refractivity contribution in [3.63, 3.8) is 0 Å². The quantitative estimate of drug-likeness (QED) is 0.346. The lowest BCUT2D eigenvalue weighted by atomic mass is 10.1. The van der Waals surface area contributed by atoms with Gasteiger partial charge in [-0.15, -0.1) is 0 Å². The number of rotatable bonds is 3. The Morgan fingerprint density at radius 3 is 2.25 bits per heavy atom. The summed E-state index contributed by atoms with van der Waals surface area (Å²) in [6.07, 6.45) is 0. The summed E-state index contributed by atoms with van der Waals surface area (Å²) in [5.41, 5.74) is 1.33. The molecular weight excluding hydrogens is 380 g/mol. The van der Waals surface area contributed by atoms with Crippen LogP contribution in [0.5, 0.6) is 0 Å². The molecule has 0 bridgehead atoms. The minimum absolute atomic E-state index is 0.197. The van der Waals surface area contributed by atoms with E-state index in [0.29, 0.717) is 21.7 Å². The second-order valence-electron chi connectivity index (χ2n) is 6.27. The molecule has 3 atom stereocenters. The number of esters is 1. The molecule has 6 nitrogen and oxygen atoms in total. The maximum Gasteiger partial charge on any atom is 0.328 e. The van der Waals surface area contributed by atoms with Crippen LogP contribution in [-0.2, 0) is 9.53 Å². The highest BCUT2D eigenvalue weighted by molar-refractivity contribution is 6.30. The van der Waals surface area contributed by atoms with Crippen LogP contribution in [0, 0.1) is 11.8 Å². The van der Waals surface area contributed by atoms with Gasteiger partial charge in [-0.1, -0.05) is 35.6 Å². The zero-order chi connectivity index (χ0) is 19.8. The van der Waals surface area contributed by atoms with E-state index >= 15 is 0 Å². The van der Waals surface area contributed by atoms with Crippen molar-refractivity contribution in [2.45, 2.75) is 19.0 Å². The summed E-state index contributed by atoms with van der Waals surface area (Å²) in [6, 6.07) is 12.1. The fraction of sp³-hybridized carbons (Fsp3) is 0.190. The fourth-order valence-corrected chi connectivity index (χ4v) is 3.28. The van der Waals surface area contributed by atoms with Gasteiger partial charge in [0.05, 0.1) is 17.7 Å². The van der Waals surface area contributed by atoms with Crippen molar-refractivity contribution in [3.05, 3.63) is 70.2 Å². The molecule has 1 fully saturated rings. The number of carbonyl (C=O) groups is 3. The predicted octanol–water partition coefficient (Wildman–Crippen LogP) is 2.52. The number of imide groups is 1. The summed E-state index contributed by atoms with van der Waals surface area (Å²) in [6.45, 7) is 1.89. The van der Waals surface area contributed by atoms with Gasteiger partial charge in [-0.3, -0.25) is 14.4 Å². The molecule has 7 heteroatoms. The lowest BCUT2D eigenvalue weighted by molar-refractivity contribution is -0.144. The number of fused-ring (bicyclic) bond motifs is 1. The molecule has 2 aliphatic rings. The topological polar surface area (TPSA) is 66.7 Å². The van der Waals surface area contributed by atoms with Gasteiger partial charge in [0, 0.05) is 10.6 Å². The van der Waals surface area contributed by atoms with Crippen LogP contribution >= 0.6 is 11.6 Å². The molecule has 4 rings (SSSR count). The number of amides is 2. The van der Waals surface area contributed by atoms with Crippen molar-refractivity contribution in [2.24, 2.45) is 0 Å². The van der Waals surface area contributed by atoms with Crippen molar-refractivity contribution in [1.29, 1.82) is 0 Å². The van der Waals surface area contributed by atoms with E-state index in [-0.39, 0.29) is 6.61 Å². The smallest absolute Gasteiger partial charge is 0.328 e. The van der Waals surface area contributed by atoms with Crippen LogP contribution in [0.1, 0.15) is 33.2 Å². The summed E-state index contributed by atoms with van der Waals surface area (Å²) in [4.78, 5) is 37.8. The molecule has 1 unspecified atom stereocenters. The van der Waals surface area contributed by atoms with Gasteiger partial charge < -0.3 is 4.74 Å². The lowest BCUT2D eigenvalue weighted by Gasteiger charge is -2.15. The van der Waals surface area contributed by atoms with Crippen molar-refractivity contribution in [1.82, 2.24) is 10.0 Å². The van der Waals surface area contributed by atoms with Crippen LogP contribution in [0.25, 0.3) is 0 Å². The molecule has 0 spiro atoms. The number of carbonyl (C=O) groups excluding carboxylic acids is 3. The normalized spacial score (nSPS) is 22.4. The number of halogens is 1. The largest absolute Gasteiger partial charge is 0.465 e. The number of benzene rings is 2. The standard InChI is InChI=1S/C21H15ClN2O4/c1-2-28-21(27)18-17(12-9-13-7-10-14(22)11-8-13)23(18)24-19(25)15-5-3-4-6-16(15)20(24)26/h3-8,10-11,17-18H,2H2,1H3/t17-,18-,23?/m1/s1. The highest BCUT2D eigenvalue weighted by Crippen LogP contribution is 2.36. The van der Waals surface area contributed by atoms with E-state index in [1.54, 1.807) is 55.5 Å². The van der Waals surface area contributed by atoms with Crippen molar-refractivity contribution in [2.75, 3.05) is 6.61 Å². The van der Waals surface area contributed by atoms with Gasteiger partial charge in [-0.25, -0.2) is 0 Å². The van der Waals surface area contributed by atoms with E-state index in [2.05, 4.69) is 11.8 Å². The first kappa shape index (κ1) is 18.2. The summed E-state index contributed by atoms with van der Waals surface area (Å²) in [5.74, 6) is 4.47. The minimum atomic E-state index is -0.804. The molecule has 2 aliphatic heterocycles.